The van der Waals surface area contributed by atoms with Gasteiger partial charge in [-0.05, 0) is 56.4 Å². The summed E-state index contributed by atoms with van der Waals surface area (Å²) < 4.78 is 0. The summed E-state index contributed by atoms with van der Waals surface area (Å²) in [6.07, 6.45) is 3.90. The fourth-order valence-corrected chi connectivity index (χ4v) is 2.81. The largest absolute Gasteiger partial charge is 0.300 e. The van der Waals surface area contributed by atoms with Crippen molar-refractivity contribution in [2.75, 3.05) is 0 Å². The number of carbonyl (C=O) groups excluding carboxylic acids is 1. The van der Waals surface area contributed by atoms with E-state index in [1.807, 2.05) is 13.0 Å². The van der Waals surface area contributed by atoms with Gasteiger partial charge in [0.25, 0.3) is 0 Å². The fraction of sp³-hybridized carbons (Fsp3) is 0.353. The van der Waals surface area contributed by atoms with Crippen molar-refractivity contribution in [3.63, 3.8) is 0 Å². The molecule has 1 heterocycles. The van der Waals surface area contributed by atoms with E-state index >= 15 is 0 Å². The third kappa shape index (κ3) is 2.62. The first-order valence-electron chi connectivity index (χ1n) is 7.08. The molecule has 0 aliphatic heterocycles. The molecule has 0 amide bonds. The maximum atomic E-state index is 11.2. The number of hydrogen-bond acceptors (Lipinski definition) is 3. The summed E-state index contributed by atoms with van der Waals surface area (Å²) in [5, 5.41) is 0. The monoisotopic (exact) mass is 266 g/mol. The first-order chi connectivity index (χ1) is 9.61. The normalized spacial score (nSPS) is 13.3. The average molecular weight is 266 g/mol. The van der Waals surface area contributed by atoms with Crippen LogP contribution in [0.3, 0.4) is 0 Å². The van der Waals surface area contributed by atoms with Crippen molar-refractivity contribution in [1.82, 2.24) is 9.97 Å². The first kappa shape index (κ1) is 13.0. The molecule has 0 spiro atoms. The number of benzene rings is 1. The van der Waals surface area contributed by atoms with Gasteiger partial charge in [0.15, 0.2) is 0 Å². The molecule has 1 aromatic carbocycles. The Morgan fingerprint density at radius 3 is 2.75 bits per heavy atom. The molecule has 1 aliphatic carbocycles. The zero-order valence-corrected chi connectivity index (χ0v) is 11.9. The van der Waals surface area contributed by atoms with Gasteiger partial charge >= 0.3 is 0 Å². The standard InChI is InChI=1S/C17H18N2O/c1-11-8-16(19-17(18-11)9-12(2)20)15-7-6-13-4-3-5-14(13)10-15/h6-8,10H,3-5,9H2,1-2H3. The van der Waals surface area contributed by atoms with Crippen LogP contribution in [-0.4, -0.2) is 15.8 Å². The van der Waals surface area contributed by atoms with Crippen molar-refractivity contribution < 1.29 is 4.79 Å². The molecule has 0 saturated carbocycles. The molecule has 20 heavy (non-hydrogen) atoms. The van der Waals surface area contributed by atoms with Crippen LogP contribution in [0.15, 0.2) is 24.3 Å². The van der Waals surface area contributed by atoms with Gasteiger partial charge in [0.05, 0.1) is 12.1 Å². The van der Waals surface area contributed by atoms with Crippen molar-refractivity contribution in [2.45, 2.75) is 39.5 Å². The Balaban J connectivity index is 2.01. The van der Waals surface area contributed by atoms with Crippen molar-refractivity contribution >= 4 is 5.78 Å². The Hall–Kier alpha value is -2.03. The Bertz CT molecular complexity index is 677. The molecule has 0 atom stereocenters. The van der Waals surface area contributed by atoms with Gasteiger partial charge in [-0.25, -0.2) is 9.97 Å². The molecular weight excluding hydrogens is 248 g/mol. The van der Waals surface area contributed by atoms with E-state index in [0.29, 0.717) is 12.2 Å². The highest BCUT2D eigenvalue weighted by Crippen LogP contribution is 2.27. The van der Waals surface area contributed by atoms with Crippen LogP contribution >= 0.6 is 0 Å². The topological polar surface area (TPSA) is 42.9 Å². The van der Waals surface area contributed by atoms with Crippen LogP contribution in [0.4, 0.5) is 0 Å². The molecule has 0 radical (unpaired) electrons. The van der Waals surface area contributed by atoms with E-state index in [-0.39, 0.29) is 5.78 Å². The van der Waals surface area contributed by atoms with Crippen LogP contribution in [0.1, 0.15) is 36.0 Å². The van der Waals surface area contributed by atoms with Gasteiger partial charge in [0, 0.05) is 11.3 Å². The molecule has 0 saturated heterocycles. The van der Waals surface area contributed by atoms with Crippen molar-refractivity contribution in [3.8, 4) is 11.3 Å². The second kappa shape index (κ2) is 5.16. The van der Waals surface area contributed by atoms with Crippen LogP contribution in [0, 0.1) is 6.92 Å². The van der Waals surface area contributed by atoms with Crippen LogP contribution in [-0.2, 0) is 24.1 Å². The molecule has 102 valence electrons. The molecule has 3 heteroatoms. The van der Waals surface area contributed by atoms with Crippen LogP contribution in [0.2, 0.25) is 0 Å². The fourth-order valence-electron chi connectivity index (χ4n) is 2.81. The maximum absolute atomic E-state index is 11.2. The third-order valence-corrected chi connectivity index (χ3v) is 3.70. The molecule has 0 N–H and O–H groups in total. The molecule has 1 aromatic heterocycles. The number of hydrogen-bond donors (Lipinski definition) is 0. The highest BCUT2D eigenvalue weighted by molar-refractivity contribution is 5.77. The summed E-state index contributed by atoms with van der Waals surface area (Å²) >= 11 is 0. The second-order valence-corrected chi connectivity index (χ2v) is 5.53. The van der Waals surface area contributed by atoms with Gasteiger partial charge in [-0.1, -0.05) is 12.1 Å². The van der Waals surface area contributed by atoms with Gasteiger partial charge in [0.2, 0.25) is 0 Å². The van der Waals surface area contributed by atoms with Gasteiger partial charge in [-0.2, -0.15) is 0 Å². The minimum atomic E-state index is 0.0931. The van der Waals surface area contributed by atoms with Crippen molar-refractivity contribution in [2.24, 2.45) is 0 Å². The Labute approximate surface area is 119 Å². The predicted octanol–water partition coefficient (Wildman–Crippen LogP) is 3.07. The zero-order valence-electron chi connectivity index (χ0n) is 11.9. The van der Waals surface area contributed by atoms with E-state index in [9.17, 15) is 4.79 Å². The zero-order chi connectivity index (χ0) is 14.1. The van der Waals surface area contributed by atoms with Gasteiger partial charge in [-0.3, -0.25) is 4.79 Å². The summed E-state index contributed by atoms with van der Waals surface area (Å²) in [4.78, 5) is 20.1. The lowest BCUT2D eigenvalue weighted by Gasteiger charge is -2.07. The van der Waals surface area contributed by atoms with E-state index in [1.54, 1.807) is 6.92 Å². The summed E-state index contributed by atoms with van der Waals surface area (Å²) in [5.74, 6) is 0.712. The Kier molecular flexibility index (Phi) is 3.35. The molecule has 0 bridgehead atoms. The number of Topliss-reactive ketones (excluding diaryl/α,β-unsaturated/α-hetero) is 1. The smallest absolute Gasteiger partial charge is 0.137 e. The van der Waals surface area contributed by atoms with E-state index in [1.165, 1.54) is 24.0 Å². The number of aromatic nitrogens is 2. The summed E-state index contributed by atoms with van der Waals surface area (Å²) in [5.41, 5.74) is 5.85. The predicted molar refractivity (Wildman–Crippen MR) is 78.6 cm³/mol. The van der Waals surface area contributed by atoms with E-state index in [4.69, 9.17) is 0 Å². The van der Waals surface area contributed by atoms with Crippen LogP contribution in [0.5, 0.6) is 0 Å². The molecule has 3 rings (SSSR count). The lowest BCUT2D eigenvalue weighted by Crippen LogP contribution is -2.04. The highest BCUT2D eigenvalue weighted by atomic mass is 16.1. The Morgan fingerprint density at radius 2 is 1.95 bits per heavy atom. The molecular formula is C17H18N2O. The molecule has 0 fully saturated rings. The minimum absolute atomic E-state index is 0.0931. The minimum Gasteiger partial charge on any atom is -0.300 e. The number of fused-ring (bicyclic) bond motifs is 1. The number of aryl methyl sites for hydroxylation is 3. The van der Waals surface area contributed by atoms with E-state index in [2.05, 4.69) is 28.2 Å². The van der Waals surface area contributed by atoms with Crippen molar-refractivity contribution in [3.05, 3.63) is 46.9 Å². The summed E-state index contributed by atoms with van der Waals surface area (Å²) in [7, 11) is 0. The molecule has 0 unspecified atom stereocenters. The number of carbonyl (C=O) groups is 1. The van der Waals surface area contributed by atoms with Crippen LogP contribution in [0.25, 0.3) is 11.3 Å². The number of rotatable bonds is 3. The van der Waals surface area contributed by atoms with Gasteiger partial charge < -0.3 is 0 Å². The lowest BCUT2D eigenvalue weighted by molar-refractivity contribution is -0.116. The van der Waals surface area contributed by atoms with E-state index < -0.39 is 0 Å². The van der Waals surface area contributed by atoms with Crippen LogP contribution < -0.4 is 0 Å². The molecule has 3 nitrogen and oxygen atoms in total. The SMILES string of the molecule is CC(=O)Cc1nc(C)cc(-c2ccc3c(c2)CCC3)n1. The average Bonchev–Trinajstić information content (AvgIpc) is 2.84. The van der Waals surface area contributed by atoms with E-state index in [0.717, 1.165) is 23.4 Å². The van der Waals surface area contributed by atoms with Gasteiger partial charge in [0.1, 0.15) is 11.6 Å². The number of nitrogens with zero attached hydrogens (tertiary/aromatic N) is 2. The molecule has 1 aliphatic rings. The van der Waals surface area contributed by atoms with Gasteiger partial charge in [-0.15, -0.1) is 0 Å². The summed E-state index contributed by atoms with van der Waals surface area (Å²) in [6, 6.07) is 8.56. The Morgan fingerprint density at radius 1 is 1.15 bits per heavy atom. The third-order valence-electron chi connectivity index (χ3n) is 3.70. The lowest BCUT2D eigenvalue weighted by atomic mass is 10.0. The quantitative estimate of drug-likeness (QED) is 0.857. The number of ketones is 1. The first-order valence-corrected chi connectivity index (χ1v) is 7.08. The maximum Gasteiger partial charge on any atom is 0.137 e. The molecule has 2 aromatic rings. The summed E-state index contributed by atoms with van der Waals surface area (Å²) in [6.45, 7) is 3.52. The van der Waals surface area contributed by atoms with Crippen molar-refractivity contribution in [1.29, 1.82) is 0 Å². The second-order valence-electron chi connectivity index (χ2n) is 5.53. The highest BCUT2D eigenvalue weighted by Gasteiger charge is 2.13.